The van der Waals surface area contributed by atoms with Gasteiger partial charge < -0.3 is 14.5 Å². The topological polar surface area (TPSA) is 15.7 Å². The van der Waals surface area contributed by atoms with Gasteiger partial charge in [-0.15, -0.1) is 0 Å². The molecule has 0 radical (unpaired) electrons. The molecule has 0 aliphatic carbocycles. The van der Waals surface area contributed by atoms with E-state index in [-0.39, 0.29) is 5.92 Å². The average Bonchev–Trinajstić information content (AvgIpc) is 2.76. The van der Waals surface area contributed by atoms with Gasteiger partial charge in [-0.3, -0.25) is 0 Å². The molecule has 1 aliphatic rings. The number of hydrogen-bond donors (Lipinski definition) is 0. The van der Waals surface area contributed by atoms with E-state index in [2.05, 4.69) is 41.0 Å². The highest BCUT2D eigenvalue weighted by atomic mass is 19.4. The normalized spacial score (nSPS) is 19.9. The molecule has 1 saturated heterocycles. The Morgan fingerprint density at radius 2 is 1.71 bits per heavy atom. The second-order valence-corrected chi connectivity index (χ2v) is 8.63. The summed E-state index contributed by atoms with van der Waals surface area (Å²) in [5.74, 6) is 1.15. The lowest BCUT2D eigenvalue weighted by Crippen LogP contribution is -2.42. The number of nitrogens with zero attached hydrogens (tertiary/aromatic N) is 2. The van der Waals surface area contributed by atoms with Crippen LogP contribution in [0.15, 0.2) is 48.5 Å². The van der Waals surface area contributed by atoms with Crippen LogP contribution in [0, 0.1) is 5.92 Å². The van der Waals surface area contributed by atoms with Crippen molar-refractivity contribution in [3.63, 3.8) is 0 Å². The minimum Gasteiger partial charge on any atom is -0.493 e. The van der Waals surface area contributed by atoms with Gasteiger partial charge in [-0.05, 0) is 73.8 Å². The van der Waals surface area contributed by atoms with Crippen molar-refractivity contribution < 1.29 is 17.9 Å². The third kappa shape index (κ3) is 6.39. The van der Waals surface area contributed by atoms with Crippen LogP contribution in [0.4, 0.5) is 18.9 Å². The van der Waals surface area contributed by atoms with Crippen LogP contribution in [0.25, 0.3) is 0 Å². The lowest BCUT2D eigenvalue weighted by molar-refractivity contribution is -0.137. The Kier molecular flexibility index (Phi) is 7.87. The van der Waals surface area contributed by atoms with Gasteiger partial charge in [0.25, 0.3) is 0 Å². The molecule has 2 aromatic rings. The molecule has 1 aliphatic heterocycles. The summed E-state index contributed by atoms with van der Waals surface area (Å²) in [4.78, 5) is 4.58. The Labute approximate surface area is 183 Å². The Morgan fingerprint density at radius 3 is 2.29 bits per heavy atom. The van der Waals surface area contributed by atoms with Crippen molar-refractivity contribution in [3.8, 4) is 5.75 Å². The lowest BCUT2D eigenvalue weighted by atomic mass is 9.80. The number of benzene rings is 2. The first-order valence-corrected chi connectivity index (χ1v) is 11.1. The molecule has 0 bridgehead atoms. The number of halogens is 3. The van der Waals surface area contributed by atoms with Crippen LogP contribution in [-0.4, -0.2) is 45.2 Å². The summed E-state index contributed by atoms with van der Waals surface area (Å²) in [6.45, 7) is 5.79. The van der Waals surface area contributed by atoms with Gasteiger partial charge in [-0.25, -0.2) is 0 Å². The number of ether oxygens (including phenoxy) is 1. The number of likely N-dealkylation sites (tertiary alicyclic amines) is 1. The van der Waals surface area contributed by atoms with Crippen LogP contribution in [0.2, 0.25) is 0 Å². The highest BCUT2D eigenvalue weighted by Crippen LogP contribution is 2.35. The molecule has 1 heterocycles. The maximum absolute atomic E-state index is 12.8. The van der Waals surface area contributed by atoms with Crippen LogP contribution >= 0.6 is 0 Å². The monoisotopic (exact) mass is 434 g/mol. The van der Waals surface area contributed by atoms with E-state index in [9.17, 15) is 13.2 Å². The first kappa shape index (κ1) is 23.5. The summed E-state index contributed by atoms with van der Waals surface area (Å²) < 4.78 is 44.4. The molecule has 3 nitrogen and oxygen atoms in total. The fourth-order valence-corrected chi connectivity index (χ4v) is 4.26. The second kappa shape index (κ2) is 10.4. The van der Waals surface area contributed by atoms with Crippen molar-refractivity contribution in [2.75, 3.05) is 45.2 Å². The number of piperidine rings is 1. The van der Waals surface area contributed by atoms with E-state index in [0.29, 0.717) is 18.3 Å². The summed E-state index contributed by atoms with van der Waals surface area (Å²) in [5.41, 5.74) is 1.82. The van der Waals surface area contributed by atoms with Crippen molar-refractivity contribution in [1.82, 2.24) is 4.90 Å². The molecule has 2 aromatic carbocycles. The fraction of sp³-hybridized carbons (Fsp3) is 0.520. The zero-order valence-corrected chi connectivity index (χ0v) is 18.7. The van der Waals surface area contributed by atoms with E-state index in [1.807, 2.05) is 14.1 Å². The van der Waals surface area contributed by atoms with Gasteiger partial charge >= 0.3 is 6.18 Å². The summed E-state index contributed by atoms with van der Waals surface area (Å²) in [7, 11) is 4.06. The molecule has 0 spiro atoms. The van der Waals surface area contributed by atoms with Gasteiger partial charge in [0.2, 0.25) is 0 Å². The van der Waals surface area contributed by atoms with Crippen LogP contribution in [-0.2, 0) is 6.18 Å². The Morgan fingerprint density at radius 1 is 1.03 bits per heavy atom. The molecule has 1 fully saturated rings. The van der Waals surface area contributed by atoms with Gasteiger partial charge in [-0.1, -0.05) is 25.5 Å². The highest BCUT2D eigenvalue weighted by molar-refractivity contribution is 5.46. The van der Waals surface area contributed by atoms with Crippen LogP contribution in [0.1, 0.15) is 43.2 Å². The molecule has 0 N–H and O–H groups in total. The predicted octanol–water partition coefficient (Wildman–Crippen LogP) is 6.06. The Balaban J connectivity index is 1.71. The first-order chi connectivity index (χ1) is 14.8. The van der Waals surface area contributed by atoms with E-state index in [0.717, 1.165) is 38.2 Å². The molecule has 1 unspecified atom stereocenters. The number of anilines is 1. The largest absolute Gasteiger partial charge is 0.493 e. The Bertz CT molecular complexity index is 803. The average molecular weight is 435 g/mol. The maximum Gasteiger partial charge on any atom is 0.416 e. The van der Waals surface area contributed by atoms with E-state index >= 15 is 0 Å². The van der Waals surface area contributed by atoms with Crippen LogP contribution in [0.5, 0.6) is 5.75 Å². The molecule has 0 aromatic heterocycles. The standard InChI is InChI=1S/C25H33F3N2O/c1-4-5-15-30-16-14-24(19-6-10-22(11-7-19)29(2)3)20(17-30)18-31-23-12-8-21(9-13-23)25(26,27)28/h6-13,20,24H,4-5,14-18H2,1-3H3/t20-,24?/m1/s1. The number of alkyl halides is 3. The maximum atomic E-state index is 12.8. The SMILES string of the molecule is CCCCN1CCC(c2ccc(N(C)C)cc2)[C@@H](COc2ccc(C(F)(F)F)cc2)C1. The number of hydrogen-bond acceptors (Lipinski definition) is 3. The van der Waals surface area contributed by atoms with E-state index in [4.69, 9.17) is 4.74 Å². The van der Waals surface area contributed by atoms with Gasteiger partial charge in [-0.2, -0.15) is 13.2 Å². The van der Waals surface area contributed by atoms with Gasteiger partial charge in [0, 0.05) is 32.2 Å². The quantitative estimate of drug-likeness (QED) is 0.503. The minimum atomic E-state index is -4.33. The molecule has 0 amide bonds. The van der Waals surface area contributed by atoms with Crippen molar-refractivity contribution in [3.05, 3.63) is 59.7 Å². The molecule has 31 heavy (non-hydrogen) atoms. The molecular weight excluding hydrogens is 401 g/mol. The van der Waals surface area contributed by atoms with Gasteiger partial charge in [0.05, 0.1) is 12.2 Å². The Hall–Kier alpha value is -2.21. The van der Waals surface area contributed by atoms with Crippen molar-refractivity contribution in [1.29, 1.82) is 0 Å². The zero-order valence-electron chi connectivity index (χ0n) is 18.7. The van der Waals surface area contributed by atoms with Gasteiger partial charge in [0.15, 0.2) is 0 Å². The lowest BCUT2D eigenvalue weighted by Gasteiger charge is -2.39. The molecular formula is C25H33F3N2O. The molecule has 2 atom stereocenters. The minimum absolute atomic E-state index is 0.290. The van der Waals surface area contributed by atoms with Gasteiger partial charge in [0.1, 0.15) is 5.75 Å². The molecule has 6 heteroatoms. The third-order valence-electron chi connectivity index (χ3n) is 6.13. The van der Waals surface area contributed by atoms with E-state index in [1.54, 1.807) is 0 Å². The van der Waals surface area contributed by atoms with Crippen molar-refractivity contribution >= 4 is 5.69 Å². The van der Waals surface area contributed by atoms with Crippen molar-refractivity contribution in [2.24, 2.45) is 5.92 Å². The van der Waals surface area contributed by atoms with Crippen molar-refractivity contribution in [2.45, 2.75) is 38.3 Å². The summed E-state index contributed by atoms with van der Waals surface area (Å²) in [6.07, 6.45) is -0.926. The third-order valence-corrected chi connectivity index (χ3v) is 6.13. The highest BCUT2D eigenvalue weighted by Gasteiger charge is 2.32. The van der Waals surface area contributed by atoms with Crippen LogP contribution < -0.4 is 9.64 Å². The number of unbranched alkanes of at least 4 members (excludes halogenated alkanes) is 1. The smallest absolute Gasteiger partial charge is 0.416 e. The predicted molar refractivity (Wildman–Crippen MR) is 120 cm³/mol. The van der Waals surface area contributed by atoms with E-state index in [1.165, 1.54) is 36.2 Å². The number of rotatable bonds is 8. The second-order valence-electron chi connectivity index (χ2n) is 8.63. The molecule has 170 valence electrons. The summed E-state index contributed by atoms with van der Waals surface area (Å²) in [6, 6.07) is 13.7. The molecule has 0 saturated carbocycles. The molecule has 3 rings (SSSR count). The van der Waals surface area contributed by atoms with Crippen LogP contribution in [0.3, 0.4) is 0 Å². The zero-order chi connectivity index (χ0) is 22.4. The summed E-state index contributed by atoms with van der Waals surface area (Å²) >= 11 is 0. The van der Waals surface area contributed by atoms with E-state index < -0.39 is 11.7 Å². The first-order valence-electron chi connectivity index (χ1n) is 11.1. The fourth-order valence-electron chi connectivity index (χ4n) is 4.26. The summed E-state index contributed by atoms with van der Waals surface area (Å²) in [5, 5.41) is 0.